The minimum absolute atomic E-state index is 0.966. The first-order valence-corrected chi connectivity index (χ1v) is 4.41. The lowest BCUT2D eigenvalue weighted by Gasteiger charge is -2.24. The van der Waals surface area contributed by atoms with Gasteiger partial charge in [-0.05, 0) is 24.0 Å². The molecule has 0 N–H and O–H groups in total. The van der Waals surface area contributed by atoms with Crippen LogP contribution in [0.5, 0.6) is 0 Å². The SMILES string of the molecule is [c]1ccccc1CC1CCC1. The van der Waals surface area contributed by atoms with E-state index in [0.717, 1.165) is 5.92 Å². The molecular weight excluding hydrogens is 132 g/mol. The Morgan fingerprint density at radius 3 is 2.82 bits per heavy atom. The third-order valence-electron chi connectivity index (χ3n) is 2.51. The van der Waals surface area contributed by atoms with Gasteiger partial charge in [-0.2, -0.15) is 0 Å². The molecule has 1 aliphatic carbocycles. The van der Waals surface area contributed by atoms with Crippen LogP contribution in [0.2, 0.25) is 0 Å². The van der Waals surface area contributed by atoms with Crippen LogP contribution in [0.1, 0.15) is 24.8 Å². The summed E-state index contributed by atoms with van der Waals surface area (Å²) >= 11 is 0. The summed E-state index contributed by atoms with van der Waals surface area (Å²) in [4.78, 5) is 0. The molecule has 0 heterocycles. The Labute approximate surface area is 68.3 Å². The van der Waals surface area contributed by atoms with Gasteiger partial charge in [0.05, 0.1) is 0 Å². The van der Waals surface area contributed by atoms with E-state index in [0.29, 0.717) is 0 Å². The molecule has 0 heteroatoms. The van der Waals surface area contributed by atoms with Crippen LogP contribution < -0.4 is 0 Å². The summed E-state index contributed by atoms with van der Waals surface area (Å²) in [6.07, 6.45) is 5.56. The predicted octanol–water partition coefficient (Wildman–Crippen LogP) is 2.83. The minimum Gasteiger partial charge on any atom is -0.0620 e. The normalized spacial score (nSPS) is 17.8. The molecule has 0 unspecified atom stereocenters. The summed E-state index contributed by atoms with van der Waals surface area (Å²) < 4.78 is 0. The van der Waals surface area contributed by atoms with E-state index in [1.165, 1.54) is 31.2 Å². The number of hydrogen-bond acceptors (Lipinski definition) is 0. The molecule has 1 aromatic carbocycles. The lowest BCUT2D eigenvalue weighted by molar-refractivity contribution is 0.314. The van der Waals surface area contributed by atoms with Gasteiger partial charge < -0.3 is 0 Å². The van der Waals surface area contributed by atoms with Crippen molar-refractivity contribution in [2.24, 2.45) is 5.92 Å². The molecule has 1 radical (unpaired) electrons. The van der Waals surface area contributed by atoms with Gasteiger partial charge >= 0.3 is 0 Å². The van der Waals surface area contributed by atoms with Crippen molar-refractivity contribution in [2.45, 2.75) is 25.7 Å². The van der Waals surface area contributed by atoms with Crippen LogP contribution in [0.3, 0.4) is 0 Å². The fourth-order valence-corrected chi connectivity index (χ4v) is 1.57. The van der Waals surface area contributed by atoms with E-state index in [1.54, 1.807) is 0 Å². The molecule has 0 atom stereocenters. The van der Waals surface area contributed by atoms with E-state index < -0.39 is 0 Å². The highest BCUT2D eigenvalue weighted by Crippen LogP contribution is 2.29. The molecular formula is C11H13. The van der Waals surface area contributed by atoms with Crippen LogP contribution in [-0.2, 0) is 6.42 Å². The van der Waals surface area contributed by atoms with E-state index in [1.807, 2.05) is 12.1 Å². The van der Waals surface area contributed by atoms with Crippen molar-refractivity contribution in [2.75, 3.05) is 0 Å². The lowest BCUT2D eigenvalue weighted by Crippen LogP contribution is -2.13. The van der Waals surface area contributed by atoms with Crippen molar-refractivity contribution in [3.63, 3.8) is 0 Å². The molecule has 0 aromatic heterocycles. The maximum Gasteiger partial charge on any atom is -0.0149 e. The van der Waals surface area contributed by atoms with Gasteiger partial charge in [0.2, 0.25) is 0 Å². The third kappa shape index (κ3) is 1.62. The van der Waals surface area contributed by atoms with E-state index >= 15 is 0 Å². The molecule has 11 heavy (non-hydrogen) atoms. The maximum atomic E-state index is 3.27. The first-order valence-electron chi connectivity index (χ1n) is 4.41. The molecule has 1 aromatic rings. The maximum absolute atomic E-state index is 3.27. The van der Waals surface area contributed by atoms with Gasteiger partial charge in [-0.3, -0.25) is 0 Å². The zero-order chi connectivity index (χ0) is 7.52. The van der Waals surface area contributed by atoms with Gasteiger partial charge in [0, 0.05) is 0 Å². The standard InChI is InChI=1S/C11H13/c1-2-5-10(6-3-1)9-11-7-4-8-11/h1-3,5,11H,4,7-9H2. The monoisotopic (exact) mass is 145 g/mol. The Morgan fingerprint density at radius 2 is 2.27 bits per heavy atom. The summed E-state index contributed by atoms with van der Waals surface area (Å²) in [5.41, 5.74) is 1.39. The molecule has 57 valence electrons. The zero-order valence-corrected chi connectivity index (χ0v) is 6.72. The van der Waals surface area contributed by atoms with Crippen molar-refractivity contribution in [1.82, 2.24) is 0 Å². The molecule has 0 aliphatic heterocycles. The molecule has 0 saturated heterocycles. The fraction of sp³-hybridized carbons (Fsp3) is 0.455. The highest BCUT2D eigenvalue weighted by molar-refractivity contribution is 5.13. The van der Waals surface area contributed by atoms with Crippen molar-refractivity contribution >= 4 is 0 Å². The molecule has 2 rings (SSSR count). The summed E-state index contributed by atoms with van der Waals surface area (Å²) in [5, 5.41) is 0. The second-order valence-electron chi connectivity index (χ2n) is 3.39. The molecule has 0 bridgehead atoms. The van der Waals surface area contributed by atoms with Crippen molar-refractivity contribution in [1.29, 1.82) is 0 Å². The van der Waals surface area contributed by atoms with Gasteiger partial charge in [0.15, 0.2) is 0 Å². The van der Waals surface area contributed by atoms with E-state index in [4.69, 9.17) is 0 Å². The van der Waals surface area contributed by atoms with Gasteiger partial charge in [-0.1, -0.05) is 43.5 Å². The quantitative estimate of drug-likeness (QED) is 0.600. The summed E-state index contributed by atoms with van der Waals surface area (Å²) in [5.74, 6) is 0.966. The van der Waals surface area contributed by atoms with Crippen molar-refractivity contribution in [3.05, 3.63) is 35.9 Å². The van der Waals surface area contributed by atoms with Crippen LogP contribution in [0, 0.1) is 12.0 Å². The Morgan fingerprint density at radius 1 is 1.36 bits per heavy atom. The largest absolute Gasteiger partial charge is 0.0620 e. The molecule has 0 nitrogen and oxygen atoms in total. The fourth-order valence-electron chi connectivity index (χ4n) is 1.57. The Balaban J connectivity index is 1.95. The Hall–Kier alpha value is -0.780. The van der Waals surface area contributed by atoms with Gasteiger partial charge in [0.25, 0.3) is 0 Å². The second-order valence-corrected chi connectivity index (χ2v) is 3.39. The van der Waals surface area contributed by atoms with E-state index in [2.05, 4.69) is 18.2 Å². The number of hydrogen-bond donors (Lipinski definition) is 0. The smallest absolute Gasteiger partial charge is 0.0149 e. The second kappa shape index (κ2) is 3.08. The van der Waals surface area contributed by atoms with Crippen LogP contribution >= 0.6 is 0 Å². The number of rotatable bonds is 2. The van der Waals surface area contributed by atoms with Crippen LogP contribution in [0.25, 0.3) is 0 Å². The molecule has 0 amide bonds. The molecule has 1 saturated carbocycles. The zero-order valence-electron chi connectivity index (χ0n) is 6.72. The first-order chi connectivity index (χ1) is 5.45. The topological polar surface area (TPSA) is 0 Å². The van der Waals surface area contributed by atoms with E-state index in [9.17, 15) is 0 Å². The summed E-state index contributed by atoms with van der Waals surface area (Å²) in [6.45, 7) is 0. The van der Waals surface area contributed by atoms with Crippen LogP contribution in [0.15, 0.2) is 24.3 Å². The number of benzene rings is 1. The molecule has 1 fully saturated rings. The van der Waals surface area contributed by atoms with Gasteiger partial charge in [0.1, 0.15) is 0 Å². The summed E-state index contributed by atoms with van der Waals surface area (Å²) in [7, 11) is 0. The lowest BCUT2D eigenvalue weighted by atomic mass is 9.81. The third-order valence-corrected chi connectivity index (χ3v) is 2.51. The predicted molar refractivity (Wildman–Crippen MR) is 46.3 cm³/mol. The van der Waals surface area contributed by atoms with Gasteiger partial charge in [-0.15, -0.1) is 0 Å². The van der Waals surface area contributed by atoms with Crippen molar-refractivity contribution < 1.29 is 0 Å². The average Bonchev–Trinajstić information content (AvgIpc) is 1.99. The molecule has 1 aliphatic rings. The molecule has 0 spiro atoms. The highest BCUT2D eigenvalue weighted by atomic mass is 14.2. The van der Waals surface area contributed by atoms with Crippen molar-refractivity contribution in [3.8, 4) is 0 Å². The average molecular weight is 145 g/mol. The van der Waals surface area contributed by atoms with E-state index in [-0.39, 0.29) is 0 Å². The first kappa shape index (κ1) is 6.90. The Bertz CT molecular complexity index is 209. The Kier molecular flexibility index (Phi) is 1.93. The van der Waals surface area contributed by atoms with Crippen LogP contribution in [0.4, 0.5) is 0 Å². The minimum atomic E-state index is 0.966. The van der Waals surface area contributed by atoms with Crippen LogP contribution in [-0.4, -0.2) is 0 Å². The highest BCUT2D eigenvalue weighted by Gasteiger charge is 2.16. The summed E-state index contributed by atoms with van der Waals surface area (Å²) in [6, 6.07) is 11.6. The van der Waals surface area contributed by atoms with Gasteiger partial charge in [-0.25, -0.2) is 0 Å².